The number of hydrogen-bond acceptors (Lipinski definition) is 6. The molecule has 0 N–H and O–H groups in total. The second-order valence-electron chi connectivity index (χ2n) is 8.23. The summed E-state index contributed by atoms with van der Waals surface area (Å²) in [6.45, 7) is 6.79. The quantitative estimate of drug-likeness (QED) is 0.635. The van der Waals surface area contributed by atoms with E-state index in [2.05, 4.69) is 11.8 Å². The lowest BCUT2D eigenvalue weighted by atomic mass is 10.2. The fourth-order valence-corrected chi connectivity index (χ4v) is 5.90. The second-order valence-corrected chi connectivity index (χ2v) is 10.2. The summed E-state index contributed by atoms with van der Waals surface area (Å²) in [5, 5.41) is 0. The molecule has 1 aromatic rings. The Morgan fingerprint density at radius 3 is 2.45 bits per heavy atom. The Bertz CT molecular complexity index is 937. The second kappa shape index (κ2) is 9.13. The maximum absolute atomic E-state index is 13.0. The molecule has 170 valence electrons. The third kappa shape index (κ3) is 4.56. The SMILES string of the molecule is CCCN1CCN(C(=O)CN2C(=O)COc3ccc(S(=O)(=O)N4CCCC4)cc32)CC1. The number of carbonyl (C=O) groups is 2. The van der Waals surface area contributed by atoms with Crippen LogP contribution in [0.2, 0.25) is 0 Å². The highest BCUT2D eigenvalue weighted by molar-refractivity contribution is 7.89. The van der Waals surface area contributed by atoms with Gasteiger partial charge in [-0.15, -0.1) is 0 Å². The van der Waals surface area contributed by atoms with Gasteiger partial charge in [-0.1, -0.05) is 6.92 Å². The summed E-state index contributed by atoms with van der Waals surface area (Å²) in [7, 11) is -3.63. The van der Waals surface area contributed by atoms with Crippen LogP contribution in [-0.4, -0.2) is 93.3 Å². The molecule has 3 aliphatic rings. The zero-order valence-corrected chi connectivity index (χ0v) is 18.8. The largest absolute Gasteiger partial charge is 0.482 e. The highest BCUT2D eigenvalue weighted by Gasteiger charge is 2.33. The van der Waals surface area contributed by atoms with Crippen molar-refractivity contribution in [2.45, 2.75) is 31.1 Å². The molecule has 10 heteroatoms. The number of sulfonamides is 1. The Morgan fingerprint density at radius 1 is 1.06 bits per heavy atom. The molecule has 0 aromatic heterocycles. The highest BCUT2D eigenvalue weighted by atomic mass is 32.2. The van der Waals surface area contributed by atoms with Gasteiger partial charge >= 0.3 is 0 Å². The van der Waals surface area contributed by atoms with E-state index < -0.39 is 10.0 Å². The van der Waals surface area contributed by atoms with Gasteiger partial charge in [-0.3, -0.25) is 19.4 Å². The molecule has 2 saturated heterocycles. The molecular formula is C21H30N4O5S. The maximum atomic E-state index is 13.0. The van der Waals surface area contributed by atoms with E-state index in [0.717, 1.165) is 38.9 Å². The molecule has 0 bridgehead atoms. The lowest BCUT2D eigenvalue weighted by Crippen LogP contribution is -2.52. The number of fused-ring (bicyclic) bond motifs is 1. The number of ether oxygens (including phenoxy) is 1. The van der Waals surface area contributed by atoms with E-state index in [9.17, 15) is 18.0 Å². The number of anilines is 1. The summed E-state index contributed by atoms with van der Waals surface area (Å²) in [6.07, 6.45) is 2.77. The Kier molecular flexibility index (Phi) is 6.49. The normalized spacial score (nSPS) is 20.6. The standard InChI is InChI=1S/C21H30N4O5S/c1-2-7-22-10-12-23(13-11-22)20(26)15-25-18-14-17(5-6-19(18)30-16-21(25)27)31(28,29)24-8-3-4-9-24/h5-6,14H,2-4,7-13,15-16H2,1H3. The van der Waals surface area contributed by atoms with Crippen LogP contribution < -0.4 is 9.64 Å². The van der Waals surface area contributed by atoms with Crippen molar-refractivity contribution in [1.82, 2.24) is 14.1 Å². The first-order valence-electron chi connectivity index (χ1n) is 11.0. The van der Waals surface area contributed by atoms with Gasteiger partial charge in [-0.25, -0.2) is 8.42 Å². The fraction of sp³-hybridized carbons (Fsp3) is 0.619. The van der Waals surface area contributed by atoms with Gasteiger partial charge in [-0.2, -0.15) is 4.31 Å². The van der Waals surface area contributed by atoms with E-state index in [0.29, 0.717) is 37.6 Å². The van der Waals surface area contributed by atoms with Crippen LogP contribution in [0.3, 0.4) is 0 Å². The highest BCUT2D eigenvalue weighted by Crippen LogP contribution is 2.35. The number of nitrogens with zero attached hydrogens (tertiary/aromatic N) is 4. The molecule has 3 aliphatic heterocycles. The van der Waals surface area contributed by atoms with Crippen LogP contribution in [0.4, 0.5) is 5.69 Å². The van der Waals surface area contributed by atoms with Crippen LogP contribution in [0.15, 0.2) is 23.1 Å². The minimum absolute atomic E-state index is 0.115. The van der Waals surface area contributed by atoms with Crippen molar-refractivity contribution in [2.24, 2.45) is 0 Å². The molecule has 31 heavy (non-hydrogen) atoms. The van der Waals surface area contributed by atoms with Gasteiger partial charge in [0, 0.05) is 39.3 Å². The molecule has 2 amide bonds. The van der Waals surface area contributed by atoms with E-state index in [1.165, 1.54) is 21.3 Å². The van der Waals surface area contributed by atoms with Gasteiger partial charge in [0.25, 0.3) is 5.91 Å². The average molecular weight is 451 g/mol. The summed E-state index contributed by atoms with van der Waals surface area (Å²) in [4.78, 5) is 31.1. The van der Waals surface area contributed by atoms with Crippen molar-refractivity contribution in [3.05, 3.63) is 18.2 Å². The van der Waals surface area contributed by atoms with E-state index in [1.54, 1.807) is 11.0 Å². The number of amides is 2. The van der Waals surface area contributed by atoms with E-state index >= 15 is 0 Å². The molecule has 9 nitrogen and oxygen atoms in total. The predicted octanol–water partition coefficient (Wildman–Crippen LogP) is 0.751. The Hall–Kier alpha value is -2.17. The van der Waals surface area contributed by atoms with Crippen molar-refractivity contribution in [1.29, 1.82) is 0 Å². The topological polar surface area (TPSA) is 90.5 Å². The summed E-state index contributed by atoms with van der Waals surface area (Å²) in [5.74, 6) is -0.0631. The Labute approximate surface area is 183 Å². The first kappa shape index (κ1) is 22.0. The van der Waals surface area contributed by atoms with Crippen molar-refractivity contribution in [2.75, 3.05) is 63.9 Å². The zero-order chi connectivity index (χ0) is 22.0. The molecule has 0 aliphatic carbocycles. The van der Waals surface area contributed by atoms with Crippen molar-refractivity contribution >= 4 is 27.5 Å². The molecular weight excluding hydrogens is 420 g/mol. The average Bonchev–Trinajstić information content (AvgIpc) is 3.32. The van der Waals surface area contributed by atoms with E-state index in [1.807, 2.05) is 0 Å². The minimum Gasteiger partial charge on any atom is -0.482 e. The fourth-order valence-electron chi connectivity index (χ4n) is 4.37. The van der Waals surface area contributed by atoms with Crippen molar-refractivity contribution in [3.8, 4) is 5.75 Å². The van der Waals surface area contributed by atoms with Crippen LogP contribution in [0, 0.1) is 0 Å². The van der Waals surface area contributed by atoms with Crippen LogP contribution in [0.1, 0.15) is 26.2 Å². The van der Waals surface area contributed by atoms with Crippen molar-refractivity contribution < 1.29 is 22.7 Å². The first-order valence-corrected chi connectivity index (χ1v) is 12.4. The number of piperazine rings is 1. The van der Waals surface area contributed by atoms with E-state index in [4.69, 9.17) is 4.74 Å². The van der Waals surface area contributed by atoms with Gasteiger partial charge in [0.2, 0.25) is 15.9 Å². The van der Waals surface area contributed by atoms with Crippen LogP contribution in [0.5, 0.6) is 5.75 Å². The summed E-state index contributed by atoms with van der Waals surface area (Å²) >= 11 is 0. The molecule has 4 rings (SSSR count). The molecule has 0 radical (unpaired) electrons. The summed E-state index contributed by atoms with van der Waals surface area (Å²) in [5.41, 5.74) is 0.342. The van der Waals surface area contributed by atoms with Gasteiger partial charge < -0.3 is 9.64 Å². The molecule has 3 heterocycles. The van der Waals surface area contributed by atoms with E-state index in [-0.39, 0.29) is 29.9 Å². The van der Waals surface area contributed by atoms with Crippen LogP contribution >= 0.6 is 0 Å². The van der Waals surface area contributed by atoms with Crippen molar-refractivity contribution in [3.63, 3.8) is 0 Å². The lowest BCUT2D eigenvalue weighted by molar-refractivity contribution is -0.133. The molecule has 0 spiro atoms. The van der Waals surface area contributed by atoms with Gasteiger partial charge in [0.1, 0.15) is 12.3 Å². The third-order valence-electron chi connectivity index (χ3n) is 6.13. The number of carbonyl (C=O) groups excluding carboxylic acids is 2. The molecule has 2 fully saturated rings. The van der Waals surface area contributed by atoms with Gasteiger partial charge in [0.05, 0.1) is 10.6 Å². The Balaban J connectivity index is 1.52. The summed E-state index contributed by atoms with van der Waals surface area (Å²) in [6, 6.07) is 4.55. The molecule has 0 unspecified atom stereocenters. The van der Waals surface area contributed by atoms with Crippen LogP contribution in [-0.2, 0) is 19.6 Å². The third-order valence-corrected chi connectivity index (χ3v) is 8.03. The lowest BCUT2D eigenvalue weighted by Gasteiger charge is -2.36. The van der Waals surface area contributed by atoms with Gasteiger partial charge in [-0.05, 0) is 44.0 Å². The molecule has 0 saturated carbocycles. The molecule has 1 aromatic carbocycles. The smallest absolute Gasteiger partial charge is 0.265 e. The number of hydrogen-bond donors (Lipinski definition) is 0. The number of rotatable bonds is 6. The predicted molar refractivity (Wildman–Crippen MR) is 116 cm³/mol. The van der Waals surface area contributed by atoms with Crippen LogP contribution in [0.25, 0.3) is 0 Å². The monoisotopic (exact) mass is 450 g/mol. The molecule has 0 atom stereocenters. The Morgan fingerprint density at radius 2 is 1.77 bits per heavy atom. The maximum Gasteiger partial charge on any atom is 0.265 e. The summed E-state index contributed by atoms with van der Waals surface area (Å²) < 4.78 is 32.9. The zero-order valence-electron chi connectivity index (χ0n) is 18.0. The first-order chi connectivity index (χ1) is 14.9. The van der Waals surface area contributed by atoms with Gasteiger partial charge in [0.15, 0.2) is 6.61 Å². The number of benzene rings is 1. The minimum atomic E-state index is -3.63.